The Morgan fingerprint density at radius 1 is 1.31 bits per heavy atom. The fraction of sp³-hybridized carbons (Fsp3) is 0.450. The van der Waals surface area contributed by atoms with Crippen LogP contribution in [0.25, 0.3) is 0 Å². The predicted molar refractivity (Wildman–Crippen MR) is 108 cm³/mol. The Morgan fingerprint density at radius 3 is 2.86 bits per heavy atom. The highest BCUT2D eigenvalue weighted by molar-refractivity contribution is 7.99. The molecule has 1 aromatic carbocycles. The number of hydrogen-bond acceptors (Lipinski definition) is 7. The molecule has 29 heavy (non-hydrogen) atoms. The SMILES string of the molecule is CC(NC(=O)CSc1nc(O)cc(=O)n1C1CCCC1)c1ccc2c(c1)OCO2. The molecule has 154 valence electrons. The van der Waals surface area contributed by atoms with E-state index >= 15 is 0 Å². The number of hydrogen-bond donors (Lipinski definition) is 2. The van der Waals surface area contributed by atoms with Crippen molar-refractivity contribution in [2.75, 3.05) is 12.5 Å². The molecular formula is C20H23N3O5S. The number of nitrogens with zero attached hydrogens (tertiary/aromatic N) is 2. The third kappa shape index (κ3) is 4.34. The number of ether oxygens (including phenoxy) is 2. The summed E-state index contributed by atoms with van der Waals surface area (Å²) in [7, 11) is 0. The van der Waals surface area contributed by atoms with Gasteiger partial charge in [-0.3, -0.25) is 14.2 Å². The van der Waals surface area contributed by atoms with Gasteiger partial charge < -0.3 is 19.9 Å². The van der Waals surface area contributed by atoms with Gasteiger partial charge in [-0.05, 0) is 37.5 Å². The van der Waals surface area contributed by atoms with Gasteiger partial charge in [0.25, 0.3) is 5.56 Å². The molecule has 1 saturated carbocycles. The summed E-state index contributed by atoms with van der Waals surface area (Å²) in [5.74, 6) is 0.958. The number of carbonyl (C=O) groups is 1. The number of fused-ring (bicyclic) bond motifs is 1. The van der Waals surface area contributed by atoms with E-state index in [1.54, 1.807) is 4.57 Å². The molecule has 1 aromatic heterocycles. The molecule has 8 nitrogen and oxygen atoms in total. The molecule has 1 aliphatic carbocycles. The second-order valence-electron chi connectivity index (χ2n) is 7.23. The summed E-state index contributed by atoms with van der Waals surface area (Å²) in [6.45, 7) is 2.09. The van der Waals surface area contributed by atoms with Gasteiger partial charge >= 0.3 is 0 Å². The van der Waals surface area contributed by atoms with Gasteiger partial charge in [0.15, 0.2) is 16.7 Å². The van der Waals surface area contributed by atoms with Crippen LogP contribution in [-0.2, 0) is 4.79 Å². The number of thioether (sulfide) groups is 1. The lowest BCUT2D eigenvalue weighted by Gasteiger charge is -2.18. The molecule has 0 saturated heterocycles. The molecule has 1 aliphatic heterocycles. The highest BCUT2D eigenvalue weighted by atomic mass is 32.2. The first-order valence-corrected chi connectivity index (χ1v) is 10.6. The van der Waals surface area contributed by atoms with Gasteiger partial charge in [-0.2, -0.15) is 4.98 Å². The topological polar surface area (TPSA) is 103 Å². The Morgan fingerprint density at radius 2 is 2.07 bits per heavy atom. The minimum Gasteiger partial charge on any atom is -0.493 e. The van der Waals surface area contributed by atoms with Crippen LogP contribution in [0.3, 0.4) is 0 Å². The molecular weight excluding hydrogens is 394 g/mol. The predicted octanol–water partition coefficient (Wildman–Crippen LogP) is 2.76. The zero-order chi connectivity index (χ0) is 20.4. The van der Waals surface area contributed by atoms with Gasteiger partial charge in [-0.25, -0.2) is 0 Å². The average Bonchev–Trinajstić information content (AvgIpc) is 3.37. The van der Waals surface area contributed by atoms with Crippen molar-refractivity contribution < 1.29 is 19.4 Å². The smallest absolute Gasteiger partial charge is 0.258 e. The van der Waals surface area contributed by atoms with Crippen LogP contribution in [0.1, 0.15) is 50.3 Å². The van der Waals surface area contributed by atoms with Crippen molar-refractivity contribution in [3.63, 3.8) is 0 Å². The molecule has 9 heteroatoms. The number of carbonyl (C=O) groups excluding carboxylic acids is 1. The fourth-order valence-corrected chi connectivity index (χ4v) is 4.62. The number of nitrogens with one attached hydrogen (secondary N) is 1. The zero-order valence-electron chi connectivity index (χ0n) is 16.1. The molecule has 2 aliphatic rings. The average molecular weight is 417 g/mol. The highest BCUT2D eigenvalue weighted by Crippen LogP contribution is 2.34. The van der Waals surface area contributed by atoms with Crippen molar-refractivity contribution in [2.24, 2.45) is 0 Å². The summed E-state index contributed by atoms with van der Waals surface area (Å²) in [6.07, 6.45) is 3.95. The van der Waals surface area contributed by atoms with E-state index in [9.17, 15) is 14.7 Å². The summed E-state index contributed by atoms with van der Waals surface area (Å²) in [6, 6.07) is 6.56. The summed E-state index contributed by atoms with van der Waals surface area (Å²) in [4.78, 5) is 28.9. The first-order chi connectivity index (χ1) is 14.0. The molecule has 1 amide bonds. The molecule has 0 bridgehead atoms. The van der Waals surface area contributed by atoms with E-state index in [1.165, 1.54) is 0 Å². The fourth-order valence-electron chi connectivity index (χ4n) is 3.74. The number of aromatic nitrogens is 2. The Labute approximate surface area is 172 Å². The van der Waals surface area contributed by atoms with Crippen LogP contribution in [0.2, 0.25) is 0 Å². The molecule has 1 unspecified atom stereocenters. The number of rotatable bonds is 6. The van der Waals surface area contributed by atoms with Crippen LogP contribution in [0, 0.1) is 0 Å². The minimum atomic E-state index is -0.319. The van der Waals surface area contributed by atoms with Crippen molar-refractivity contribution in [3.05, 3.63) is 40.2 Å². The van der Waals surface area contributed by atoms with Gasteiger partial charge in [-0.15, -0.1) is 0 Å². The number of amides is 1. The Kier molecular flexibility index (Phi) is 5.66. The van der Waals surface area contributed by atoms with Crippen LogP contribution >= 0.6 is 11.8 Å². The lowest BCUT2D eigenvalue weighted by molar-refractivity contribution is -0.119. The standard InChI is InChI=1S/C20H23N3O5S/c1-12(13-6-7-15-16(8-13)28-11-27-15)21-18(25)10-29-20-22-17(24)9-19(26)23(20)14-4-2-3-5-14/h6-9,12,14,24H,2-5,10-11H2,1H3,(H,21,25). The quantitative estimate of drug-likeness (QED) is 0.550. The molecule has 0 radical (unpaired) electrons. The van der Waals surface area contributed by atoms with Gasteiger partial charge in [0.1, 0.15) is 0 Å². The molecule has 0 spiro atoms. The van der Waals surface area contributed by atoms with Crippen molar-refractivity contribution in [2.45, 2.75) is 49.8 Å². The van der Waals surface area contributed by atoms with Gasteiger partial charge in [0.05, 0.1) is 17.9 Å². The van der Waals surface area contributed by atoms with E-state index in [0.29, 0.717) is 16.7 Å². The third-order valence-corrected chi connectivity index (χ3v) is 6.16. The van der Waals surface area contributed by atoms with Crippen LogP contribution in [-0.4, -0.2) is 33.1 Å². The van der Waals surface area contributed by atoms with E-state index < -0.39 is 0 Å². The normalized spacial score (nSPS) is 16.7. The van der Waals surface area contributed by atoms with Crippen LogP contribution in [0.15, 0.2) is 34.2 Å². The first-order valence-electron chi connectivity index (χ1n) is 9.65. The van der Waals surface area contributed by atoms with Crippen LogP contribution < -0.4 is 20.3 Å². The molecule has 2 heterocycles. The highest BCUT2D eigenvalue weighted by Gasteiger charge is 2.23. The van der Waals surface area contributed by atoms with Crippen molar-refractivity contribution in [3.8, 4) is 17.4 Å². The number of aromatic hydroxyl groups is 1. The summed E-state index contributed by atoms with van der Waals surface area (Å²) in [5, 5.41) is 13.1. The zero-order valence-corrected chi connectivity index (χ0v) is 16.9. The minimum absolute atomic E-state index is 0.0775. The summed E-state index contributed by atoms with van der Waals surface area (Å²) >= 11 is 1.16. The van der Waals surface area contributed by atoms with Crippen molar-refractivity contribution in [1.82, 2.24) is 14.9 Å². The largest absolute Gasteiger partial charge is 0.493 e. The lowest BCUT2D eigenvalue weighted by atomic mass is 10.1. The van der Waals surface area contributed by atoms with Crippen molar-refractivity contribution in [1.29, 1.82) is 0 Å². The summed E-state index contributed by atoms with van der Waals surface area (Å²) < 4.78 is 12.3. The second-order valence-corrected chi connectivity index (χ2v) is 8.18. The maximum absolute atomic E-state index is 12.5. The maximum atomic E-state index is 12.5. The van der Waals surface area contributed by atoms with E-state index in [0.717, 1.165) is 49.1 Å². The Balaban J connectivity index is 1.41. The molecule has 2 aromatic rings. The summed E-state index contributed by atoms with van der Waals surface area (Å²) in [5.41, 5.74) is 0.631. The first kappa shape index (κ1) is 19.6. The monoisotopic (exact) mass is 417 g/mol. The third-order valence-electron chi connectivity index (χ3n) is 5.20. The van der Waals surface area contributed by atoms with E-state index in [4.69, 9.17) is 9.47 Å². The van der Waals surface area contributed by atoms with E-state index in [-0.39, 0.29) is 42.0 Å². The second kappa shape index (κ2) is 8.36. The molecule has 2 N–H and O–H groups in total. The lowest BCUT2D eigenvalue weighted by Crippen LogP contribution is -2.29. The Bertz CT molecular complexity index is 971. The molecule has 1 atom stereocenters. The van der Waals surface area contributed by atoms with Gasteiger partial charge in [0.2, 0.25) is 18.6 Å². The van der Waals surface area contributed by atoms with Gasteiger partial charge in [-0.1, -0.05) is 30.7 Å². The molecule has 4 rings (SSSR count). The van der Waals surface area contributed by atoms with E-state index in [2.05, 4.69) is 10.3 Å². The van der Waals surface area contributed by atoms with Crippen molar-refractivity contribution >= 4 is 17.7 Å². The Hall–Kier alpha value is -2.68. The maximum Gasteiger partial charge on any atom is 0.258 e. The molecule has 1 fully saturated rings. The van der Waals surface area contributed by atoms with E-state index in [1.807, 2.05) is 25.1 Å². The van der Waals surface area contributed by atoms with Gasteiger partial charge in [0, 0.05) is 6.04 Å². The number of benzene rings is 1. The van der Waals surface area contributed by atoms with Crippen LogP contribution in [0.5, 0.6) is 17.4 Å². The van der Waals surface area contributed by atoms with Crippen LogP contribution in [0.4, 0.5) is 0 Å².